The van der Waals surface area contributed by atoms with Crippen LogP contribution in [0.4, 0.5) is 0 Å². The molecule has 0 fully saturated rings. The Morgan fingerprint density at radius 3 is 2.71 bits per heavy atom. The van der Waals surface area contributed by atoms with Crippen molar-refractivity contribution in [3.05, 3.63) is 53.2 Å². The largest absolute Gasteiger partial charge is 0.379 e. The van der Waals surface area contributed by atoms with Crippen molar-refractivity contribution in [1.29, 1.82) is 0 Å². The van der Waals surface area contributed by atoms with Gasteiger partial charge in [-0.2, -0.15) is 0 Å². The van der Waals surface area contributed by atoms with E-state index in [4.69, 9.17) is 0 Å². The second-order valence-electron chi connectivity index (χ2n) is 4.66. The van der Waals surface area contributed by atoms with Gasteiger partial charge in [0.1, 0.15) is 0 Å². The second-order valence-corrected chi connectivity index (χ2v) is 4.66. The minimum Gasteiger partial charge on any atom is -0.379 e. The first kappa shape index (κ1) is 17.3. The molecule has 1 aromatic carbocycles. The lowest BCUT2D eigenvalue weighted by Crippen LogP contribution is -2.44. The van der Waals surface area contributed by atoms with Crippen molar-refractivity contribution in [1.82, 2.24) is 21.5 Å². The molecule has 21 heavy (non-hydrogen) atoms. The highest BCUT2D eigenvalue weighted by Crippen LogP contribution is 2.21. The molecule has 116 valence electrons. The van der Waals surface area contributed by atoms with Gasteiger partial charge in [-0.25, -0.2) is 5.43 Å². The van der Waals surface area contributed by atoms with Crippen LogP contribution >= 0.6 is 0 Å². The number of nitrogens with one attached hydrogen (secondary N) is 4. The van der Waals surface area contributed by atoms with Gasteiger partial charge in [-0.1, -0.05) is 38.1 Å². The number of hydrazine groups is 1. The average molecular weight is 288 g/mol. The van der Waals surface area contributed by atoms with E-state index in [0.717, 1.165) is 12.4 Å². The summed E-state index contributed by atoms with van der Waals surface area (Å²) in [5, 5.41) is 6.49. The Balaban J connectivity index is 0.00000106. The zero-order valence-corrected chi connectivity index (χ0v) is 13.7. The number of rotatable bonds is 5. The molecule has 4 nitrogen and oxygen atoms in total. The fourth-order valence-corrected chi connectivity index (χ4v) is 2.06. The van der Waals surface area contributed by atoms with Crippen molar-refractivity contribution in [2.45, 2.75) is 40.8 Å². The highest BCUT2D eigenvalue weighted by Gasteiger charge is 2.16. The van der Waals surface area contributed by atoms with Gasteiger partial charge < -0.3 is 10.7 Å². The predicted octanol–water partition coefficient (Wildman–Crippen LogP) is 2.77. The SMILES string of the molecule is C/C=C\NCNC1C=C(c2cccc(C)c2C)NN1.CC. The summed E-state index contributed by atoms with van der Waals surface area (Å²) < 4.78 is 0. The van der Waals surface area contributed by atoms with E-state index >= 15 is 0 Å². The summed E-state index contributed by atoms with van der Waals surface area (Å²) in [4.78, 5) is 0. The van der Waals surface area contributed by atoms with E-state index in [0.29, 0.717) is 0 Å². The quantitative estimate of drug-likeness (QED) is 0.497. The van der Waals surface area contributed by atoms with Gasteiger partial charge in [-0.05, 0) is 44.2 Å². The Bertz CT molecular complexity index is 492. The molecule has 1 aliphatic heterocycles. The van der Waals surface area contributed by atoms with E-state index in [1.165, 1.54) is 16.7 Å². The number of hydrogen-bond acceptors (Lipinski definition) is 4. The highest BCUT2D eigenvalue weighted by atomic mass is 15.4. The minimum atomic E-state index is 0.132. The van der Waals surface area contributed by atoms with Crippen LogP contribution in [-0.2, 0) is 0 Å². The zero-order chi connectivity index (χ0) is 15.7. The summed E-state index contributed by atoms with van der Waals surface area (Å²) in [7, 11) is 0. The molecule has 0 saturated carbocycles. The Morgan fingerprint density at radius 2 is 2.00 bits per heavy atom. The van der Waals surface area contributed by atoms with E-state index in [9.17, 15) is 0 Å². The van der Waals surface area contributed by atoms with Crippen molar-refractivity contribution in [2.24, 2.45) is 0 Å². The second kappa shape index (κ2) is 9.21. The summed E-state index contributed by atoms with van der Waals surface area (Å²) in [6.07, 6.45) is 6.19. The van der Waals surface area contributed by atoms with Crippen molar-refractivity contribution < 1.29 is 0 Å². The summed E-state index contributed by atoms with van der Waals surface area (Å²) >= 11 is 0. The maximum absolute atomic E-state index is 3.34. The molecule has 1 aliphatic rings. The number of aryl methyl sites for hydroxylation is 1. The minimum absolute atomic E-state index is 0.132. The molecule has 2 rings (SSSR count). The molecule has 4 heteroatoms. The van der Waals surface area contributed by atoms with Gasteiger partial charge in [0, 0.05) is 5.56 Å². The Kier molecular flexibility index (Phi) is 7.58. The molecule has 4 N–H and O–H groups in total. The number of allylic oxidation sites excluding steroid dienone is 1. The molecule has 1 aromatic rings. The number of benzene rings is 1. The topological polar surface area (TPSA) is 48.1 Å². The van der Waals surface area contributed by atoms with Gasteiger partial charge in [0.2, 0.25) is 0 Å². The van der Waals surface area contributed by atoms with Gasteiger partial charge in [0.15, 0.2) is 0 Å². The van der Waals surface area contributed by atoms with Gasteiger partial charge in [-0.3, -0.25) is 5.32 Å². The molecule has 1 heterocycles. The molecular weight excluding hydrogens is 260 g/mol. The predicted molar refractivity (Wildman–Crippen MR) is 91.3 cm³/mol. The van der Waals surface area contributed by atoms with Crippen LogP contribution in [0, 0.1) is 13.8 Å². The van der Waals surface area contributed by atoms with E-state index < -0.39 is 0 Å². The van der Waals surface area contributed by atoms with Gasteiger partial charge >= 0.3 is 0 Å². The molecule has 0 aromatic heterocycles. The fraction of sp³-hybridized carbons (Fsp3) is 0.412. The molecular formula is C17H28N4. The van der Waals surface area contributed by atoms with Crippen molar-refractivity contribution in [3.8, 4) is 0 Å². The van der Waals surface area contributed by atoms with E-state index in [-0.39, 0.29) is 6.17 Å². The van der Waals surface area contributed by atoms with Gasteiger partial charge in [-0.15, -0.1) is 0 Å². The molecule has 0 amide bonds. The molecule has 0 radical (unpaired) electrons. The summed E-state index contributed by atoms with van der Waals surface area (Å²) in [6, 6.07) is 6.37. The van der Waals surface area contributed by atoms with Crippen molar-refractivity contribution in [3.63, 3.8) is 0 Å². The lowest BCUT2D eigenvalue weighted by molar-refractivity contribution is 0.484. The third-order valence-electron chi connectivity index (χ3n) is 3.30. The molecule has 0 spiro atoms. The van der Waals surface area contributed by atoms with Crippen LogP contribution in [0.15, 0.2) is 36.6 Å². The standard InChI is InChI=1S/C15H22N4.C2H6/c1-4-8-16-10-17-15-9-14(18-19-15)13-7-5-6-11(2)12(13)3;1-2/h4-9,15-19H,10H2,1-3H3;1-2H3/b8-4-;. The van der Waals surface area contributed by atoms with Crippen molar-refractivity contribution >= 4 is 5.70 Å². The maximum Gasteiger partial charge on any atom is 0.0974 e. The summed E-state index contributed by atoms with van der Waals surface area (Å²) in [6.45, 7) is 11.0. The molecule has 1 atom stereocenters. The van der Waals surface area contributed by atoms with E-state index in [1.54, 1.807) is 0 Å². The highest BCUT2D eigenvalue weighted by molar-refractivity contribution is 5.69. The smallest absolute Gasteiger partial charge is 0.0974 e. The Labute approximate surface area is 128 Å². The first-order valence-corrected chi connectivity index (χ1v) is 7.60. The maximum atomic E-state index is 3.34. The van der Waals surface area contributed by atoms with Crippen LogP contribution in [0.3, 0.4) is 0 Å². The van der Waals surface area contributed by atoms with Crippen LogP contribution < -0.4 is 21.5 Å². The first-order valence-electron chi connectivity index (χ1n) is 7.60. The molecule has 0 saturated heterocycles. The summed E-state index contributed by atoms with van der Waals surface area (Å²) in [5.74, 6) is 0. The lowest BCUT2D eigenvalue weighted by Gasteiger charge is -2.11. The molecule has 1 unspecified atom stereocenters. The first-order chi connectivity index (χ1) is 10.2. The Hall–Kier alpha value is -1.78. The van der Waals surface area contributed by atoms with Crippen LogP contribution in [0.1, 0.15) is 37.5 Å². The summed E-state index contributed by atoms with van der Waals surface area (Å²) in [5.41, 5.74) is 11.5. The lowest BCUT2D eigenvalue weighted by atomic mass is 10.0. The van der Waals surface area contributed by atoms with E-state index in [1.807, 2.05) is 33.0 Å². The Morgan fingerprint density at radius 1 is 1.24 bits per heavy atom. The number of hydrogen-bond donors (Lipinski definition) is 4. The van der Waals surface area contributed by atoms with Crippen molar-refractivity contribution in [2.75, 3.05) is 6.67 Å². The fourth-order valence-electron chi connectivity index (χ4n) is 2.06. The van der Waals surface area contributed by atoms with Gasteiger partial charge in [0.25, 0.3) is 0 Å². The third-order valence-corrected chi connectivity index (χ3v) is 3.30. The van der Waals surface area contributed by atoms with Crippen LogP contribution in [0.25, 0.3) is 5.70 Å². The van der Waals surface area contributed by atoms with Crippen LogP contribution in [0.5, 0.6) is 0 Å². The monoisotopic (exact) mass is 288 g/mol. The molecule has 0 aliphatic carbocycles. The normalized spacial score (nSPS) is 17.0. The van der Waals surface area contributed by atoms with Gasteiger partial charge in [0.05, 0.1) is 18.5 Å². The van der Waals surface area contributed by atoms with E-state index in [2.05, 4.69) is 59.6 Å². The average Bonchev–Trinajstić information content (AvgIpc) is 2.97. The third kappa shape index (κ3) is 4.92. The van der Waals surface area contributed by atoms with Crippen LogP contribution in [-0.4, -0.2) is 12.8 Å². The molecule has 0 bridgehead atoms. The zero-order valence-electron chi connectivity index (χ0n) is 13.7. The van der Waals surface area contributed by atoms with Crippen LogP contribution in [0.2, 0.25) is 0 Å².